The summed E-state index contributed by atoms with van der Waals surface area (Å²) in [5.74, 6) is 0.377. The Morgan fingerprint density at radius 1 is 1.04 bits per heavy atom. The Hall–Kier alpha value is -3.47. The number of benzene rings is 1. The monoisotopic (exact) mass is 633 g/mol. The molecule has 1 aromatic carbocycles. The number of anilines is 2. The van der Waals surface area contributed by atoms with Gasteiger partial charge in [-0.3, -0.25) is 9.36 Å². The molecular weight excluding hydrogens is 590 g/mol. The predicted molar refractivity (Wildman–Crippen MR) is 172 cm³/mol. The molecule has 7 rings (SSSR count). The molecule has 4 fully saturated rings. The maximum Gasteiger partial charge on any atom is 0.410 e. The lowest BCUT2D eigenvalue weighted by atomic mass is 9.63. The molecule has 1 aliphatic heterocycles. The van der Waals surface area contributed by atoms with Crippen molar-refractivity contribution in [3.05, 3.63) is 52.4 Å². The van der Waals surface area contributed by atoms with E-state index in [4.69, 9.17) is 9.72 Å². The highest BCUT2D eigenvalue weighted by Crippen LogP contribution is 2.63. The van der Waals surface area contributed by atoms with Gasteiger partial charge < -0.3 is 15.0 Å². The zero-order valence-corrected chi connectivity index (χ0v) is 27.5. The standard InChI is InChI=1S/C34H43N5O5S/c1-22-18-24(45(42,43)25-19-33(20-25)14-16-38(17-15-33)31(41)44-32(2,3)4)8-9-26(22)36-30-35-21-23-7-10-28(40)39(29(23)37-30)27-6-5-11-34(27)12-13-34/h7-10,18,21,25,27H,5-6,11-17,19-20H2,1-4H3,(H,35,36,37). The van der Waals surface area contributed by atoms with E-state index in [-0.39, 0.29) is 28.5 Å². The number of fused-ring (bicyclic) bond motifs is 1. The number of nitrogens with zero attached hydrogens (tertiary/aromatic N) is 4. The summed E-state index contributed by atoms with van der Waals surface area (Å²) in [4.78, 5) is 36.9. The second-order valence-corrected chi connectivity index (χ2v) is 17.2. The maximum absolute atomic E-state index is 13.6. The van der Waals surface area contributed by atoms with Crippen LogP contribution in [-0.2, 0) is 14.6 Å². The van der Waals surface area contributed by atoms with Crippen molar-refractivity contribution in [3.8, 4) is 0 Å². The van der Waals surface area contributed by atoms with E-state index in [1.54, 1.807) is 41.4 Å². The lowest BCUT2D eigenvalue weighted by molar-refractivity contribution is -0.00428. The molecule has 2 spiro atoms. The first kappa shape index (κ1) is 30.2. The number of piperidine rings is 1. The first-order valence-corrected chi connectivity index (χ1v) is 17.8. The summed E-state index contributed by atoms with van der Waals surface area (Å²) in [6, 6.07) is 8.73. The first-order valence-electron chi connectivity index (χ1n) is 16.3. The number of carbonyl (C=O) groups is 1. The van der Waals surface area contributed by atoms with Crippen molar-refractivity contribution >= 4 is 38.6 Å². The predicted octanol–water partition coefficient (Wildman–Crippen LogP) is 6.30. The average molecular weight is 634 g/mol. The Bertz CT molecular complexity index is 1830. The summed E-state index contributed by atoms with van der Waals surface area (Å²) in [5.41, 5.74) is 1.79. The summed E-state index contributed by atoms with van der Waals surface area (Å²) >= 11 is 0. The van der Waals surface area contributed by atoms with Crippen LogP contribution in [0, 0.1) is 17.8 Å². The number of amides is 1. The van der Waals surface area contributed by atoms with Gasteiger partial charge in [0.2, 0.25) is 5.95 Å². The van der Waals surface area contributed by atoms with Gasteiger partial charge in [-0.25, -0.2) is 18.2 Å². The van der Waals surface area contributed by atoms with Gasteiger partial charge in [0.1, 0.15) is 11.2 Å². The molecule has 1 amide bonds. The molecule has 4 aliphatic rings. The van der Waals surface area contributed by atoms with Crippen molar-refractivity contribution in [3.63, 3.8) is 0 Å². The Morgan fingerprint density at radius 2 is 1.78 bits per heavy atom. The molecule has 3 heterocycles. The van der Waals surface area contributed by atoms with E-state index in [0.29, 0.717) is 42.4 Å². The SMILES string of the molecule is Cc1cc(S(=O)(=O)C2CC3(CCN(C(=O)OC(C)(C)C)CC3)C2)ccc1Nc1ncc2ccc(=O)n(C3CCCC34CC4)c2n1. The van der Waals surface area contributed by atoms with Crippen LogP contribution in [0.1, 0.15) is 90.2 Å². The normalized spacial score (nSPS) is 22.5. The molecule has 10 nitrogen and oxygen atoms in total. The van der Waals surface area contributed by atoms with Gasteiger partial charge in [-0.05, 0) is 120 Å². The molecule has 3 aromatic rings. The minimum atomic E-state index is -3.50. The lowest BCUT2D eigenvalue weighted by Crippen LogP contribution is -2.53. The second-order valence-electron chi connectivity index (χ2n) is 14.9. The molecule has 240 valence electrons. The molecular formula is C34H43N5O5S. The third kappa shape index (κ3) is 5.51. The van der Waals surface area contributed by atoms with Crippen LogP contribution in [0.3, 0.4) is 0 Å². The average Bonchev–Trinajstić information content (AvgIpc) is 3.63. The van der Waals surface area contributed by atoms with Gasteiger partial charge in [0.05, 0.1) is 10.1 Å². The van der Waals surface area contributed by atoms with Gasteiger partial charge >= 0.3 is 6.09 Å². The molecule has 2 aromatic heterocycles. The van der Waals surface area contributed by atoms with Crippen molar-refractivity contribution in [2.75, 3.05) is 18.4 Å². The largest absolute Gasteiger partial charge is 0.444 e. The van der Waals surface area contributed by atoms with E-state index >= 15 is 0 Å². The van der Waals surface area contributed by atoms with Crippen molar-refractivity contribution in [2.24, 2.45) is 10.8 Å². The number of likely N-dealkylation sites (tertiary alicyclic amines) is 1. The van der Waals surface area contributed by atoms with Crippen molar-refractivity contribution < 1.29 is 17.9 Å². The smallest absolute Gasteiger partial charge is 0.410 e. The summed E-state index contributed by atoms with van der Waals surface area (Å²) in [7, 11) is -3.50. The van der Waals surface area contributed by atoms with E-state index in [1.165, 1.54) is 19.3 Å². The number of rotatable bonds is 5. The fraction of sp³-hybridized carbons (Fsp3) is 0.588. The molecule has 3 aliphatic carbocycles. The minimum Gasteiger partial charge on any atom is -0.444 e. The Balaban J connectivity index is 1.04. The number of sulfone groups is 1. The van der Waals surface area contributed by atoms with Crippen LogP contribution >= 0.6 is 0 Å². The quantitative estimate of drug-likeness (QED) is 0.347. The zero-order valence-electron chi connectivity index (χ0n) is 26.6. The number of aromatic nitrogens is 3. The summed E-state index contributed by atoms with van der Waals surface area (Å²) in [6.45, 7) is 8.64. The van der Waals surface area contributed by atoms with Crippen LogP contribution in [0.5, 0.6) is 0 Å². The Kier molecular flexibility index (Phi) is 7.07. The highest BCUT2D eigenvalue weighted by Gasteiger charge is 2.53. The van der Waals surface area contributed by atoms with Gasteiger partial charge in [0.25, 0.3) is 5.56 Å². The fourth-order valence-corrected chi connectivity index (χ4v) is 10.1. The van der Waals surface area contributed by atoms with Gasteiger partial charge in [-0.15, -0.1) is 0 Å². The van der Waals surface area contributed by atoms with Crippen LogP contribution in [-0.4, -0.2) is 57.9 Å². The molecule has 1 atom stereocenters. The van der Waals surface area contributed by atoms with Gasteiger partial charge in [-0.1, -0.05) is 6.42 Å². The van der Waals surface area contributed by atoms with Gasteiger partial charge in [0, 0.05) is 42.5 Å². The van der Waals surface area contributed by atoms with E-state index in [1.807, 2.05) is 32.3 Å². The fourth-order valence-electron chi connectivity index (χ4n) is 7.96. The van der Waals surface area contributed by atoms with Gasteiger partial charge in [-0.2, -0.15) is 4.98 Å². The number of carbonyl (C=O) groups excluding carboxylic acids is 1. The molecule has 45 heavy (non-hydrogen) atoms. The molecule has 1 unspecified atom stereocenters. The summed E-state index contributed by atoms with van der Waals surface area (Å²) < 4.78 is 34.7. The minimum absolute atomic E-state index is 0.0255. The van der Waals surface area contributed by atoms with Crippen LogP contribution in [0.2, 0.25) is 0 Å². The lowest BCUT2D eigenvalue weighted by Gasteiger charge is -2.51. The van der Waals surface area contributed by atoms with Gasteiger partial charge in [0.15, 0.2) is 9.84 Å². The van der Waals surface area contributed by atoms with Crippen LogP contribution in [0.25, 0.3) is 11.0 Å². The van der Waals surface area contributed by atoms with Crippen LogP contribution in [0.4, 0.5) is 16.4 Å². The van der Waals surface area contributed by atoms with E-state index in [9.17, 15) is 18.0 Å². The van der Waals surface area contributed by atoms with Crippen molar-refractivity contribution in [1.29, 1.82) is 0 Å². The molecule has 0 bridgehead atoms. The summed E-state index contributed by atoms with van der Waals surface area (Å²) in [6.07, 6.45) is 9.89. The Morgan fingerprint density at radius 3 is 2.44 bits per heavy atom. The third-order valence-electron chi connectivity index (χ3n) is 10.7. The first-order chi connectivity index (χ1) is 21.3. The number of hydrogen-bond acceptors (Lipinski definition) is 8. The highest BCUT2D eigenvalue weighted by atomic mass is 32.2. The van der Waals surface area contributed by atoms with Crippen molar-refractivity contribution in [2.45, 2.75) is 107 Å². The summed E-state index contributed by atoms with van der Waals surface area (Å²) in [5, 5.41) is 3.68. The number of nitrogens with one attached hydrogen (secondary N) is 1. The molecule has 11 heteroatoms. The topological polar surface area (TPSA) is 123 Å². The molecule has 0 radical (unpaired) electrons. The molecule has 1 N–H and O–H groups in total. The number of pyridine rings is 1. The Labute approximate surface area is 264 Å². The highest BCUT2D eigenvalue weighted by molar-refractivity contribution is 7.92. The maximum atomic E-state index is 13.6. The van der Waals surface area contributed by atoms with Crippen LogP contribution < -0.4 is 10.9 Å². The number of ether oxygens (including phenoxy) is 1. The number of hydrogen-bond donors (Lipinski definition) is 1. The van der Waals surface area contributed by atoms with E-state index < -0.39 is 20.7 Å². The van der Waals surface area contributed by atoms with Crippen LogP contribution in [0.15, 0.2) is 46.2 Å². The van der Waals surface area contributed by atoms with E-state index in [0.717, 1.165) is 42.3 Å². The third-order valence-corrected chi connectivity index (χ3v) is 12.9. The zero-order chi connectivity index (χ0) is 31.8. The number of aryl methyl sites for hydroxylation is 1. The second kappa shape index (κ2) is 10.5. The van der Waals surface area contributed by atoms with Crippen molar-refractivity contribution in [1.82, 2.24) is 19.4 Å². The molecule has 3 saturated carbocycles. The van der Waals surface area contributed by atoms with E-state index in [2.05, 4.69) is 10.3 Å². The molecule has 1 saturated heterocycles.